The molecule has 8 nitrogen and oxygen atoms in total. The second kappa shape index (κ2) is 9.03. The summed E-state index contributed by atoms with van der Waals surface area (Å²) < 4.78 is 5.48. The number of carbonyl (C=O) groups is 2. The molecule has 0 saturated heterocycles. The van der Waals surface area contributed by atoms with E-state index >= 15 is 0 Å². The van der Waals surface area contributed by atoms with Gasteiger partial charge < -0.3 is 15.0 Å². The molecule has 1 fully saturated rings. The minimum Gasteiger partial charge on any atom is -0.444 e. The lowest BCUT2D eigenvalue weighted by atomic mass is 9.79. The third-order valence-corrected chi connectivity index (χ3v) is 4.57. The van der Waals surface area contributed by atoms with Crippen molar-refractivity contribution in [1.82, 2.24) is 4.90 Å². The number of benzene rings is 1. The summed E-state index contributed by atoms with van der Waals surface area (Å²) >= 11 is 0. The van der Waals surface area contributed by atoms with Gasteiger partial charge in [-0.1, -0.05) is 6.92 Å². The Morgan fingerprint density at radius 3 is 2.61 bits per heavy atom. The number of nitro groups is 1. The number of nitrogens with one attached hydrogen (secondary N) is 1. The van der Waals surface area contributed by atoms with Gasteiger partial charge in [0.25, 0.3) is 5.69 Å². The third kappa shape index (κ3) is 5.94. The highest BCUT2D eigenvalue weighted by Crippen LogP contribution is 2.34. The number of hydrogen-bond acceptors (Lipinski definition) is 6. The summed E-state index contributed by atoms with van der Waals surface area (Å²) in [6.45, 7) is 8.82. The number of ether oxygens (including phenoxy) is 1. The van der Waals surface area contributed by atoms with E-state index < -0.39 is 10.5 Å². The fourth-order valence-electron chi connectivity index (χ4n) is 3.28. The zero-order valence-electron chi connectivity index (χ0n) is 16.9. The Balaban J connectivity index is 1.92. The molecule has 154 valence electrons. The predicted molar refractivity (Wildman–Crippen MR) is 107 cm³/mol. The molecule has 0 unspecified atom stereocenters. The van der Waals surface area contributed by atoms with Crippen LogP contribution in [-0.2, 0) is 4.74 Å². The molecule has 0 atom stereocenters. The number of nitro benzene ring substituents is 1. The summed E-state index contributed by atoms with van der Waals surface area (Å²) in [6.07, 6.45) is 2.77. The molecular formula is C20H29N3O5. The van der Waals surface area contributed by atoms with Gasteiger partial charge >= 0.3 is 6.09 Å². The van der Waals surface area contributed by atoms with Crippen LogP contribution in [0.4, 0.5) is 16.2 Å². The zero-order valence-corrected chi connectivity index (χ0v) is 16.9. The lowest BCUT2D eigenvalue weighted by molar-refractivity contribution is -0.384. The van der Waals surface area contributed by atoms with Gasteiger partial charge in [0.15, 0.2) is 0 Å². The molecule has 0 radical (unpaired) electrons. The molecule has 1 N–H and O–H groups in total. The molecule has 28 heavy (non-hydrogen) atoms. The number of nitrogens with zero attached hydrogens (tertiary/aromatic N) is 2. The predicted octanol–water partition coefficient (Wildman–Crippen LogP) is 4.24. The monoisotopic (exact) mass is 391 g/mol. The average Bonchev–Trinajstić information content (AvgIpc) is 2.57. The molecule has 0 aliphatic heterocycles. The molecule has 1 aliphatic carbocycles. The van der Waals surface area contributed by atoms with Crippen LogP contribution in [-0.4, -0.2) is 46.9 Å². The maximum Gasteiger partial charge on any atom is 0.410 e. The second-order valence-electron chi connectivity index (χ2n) is 8.26. The highest BCUT2D eigenvalue weighted by atomic mass is 16.6. The highest BCUT2D eigenvalue weighted by molar-refractivity contribution is 5.79. The number of aldehydes is 1. The Morgan fingerprint density at radius 1 is 1.39 bits per heavy atom. The Kier molecular flexibility index (Phi) is 6.99. The summed E-state index contributed by atoms with van der Waals surface area (Å²) in [5.41, 5.74) is 0.0571. The maximum atomic E-state index is 12.4. The molecule has 1 saturated carbocycles. The summed E-state index contributed by atoms with van der Waals surface area (Å²) in [5.74, 6) is 0.324. The van der Waals surface area contributed by atoms with E-state index in [0.29, 0.717) is 31.0 Å². The van der Waals surface area contributed by atoms with Crippen molar-refractivity contribution in [3.05, 3.63) is 33.9 Å². The maximum absolute atomic E-state index is 12.4. The number of amides is 1. The molecule has 1 aromatic rings. The third-order valence-electron chi connectivity index (χ3n) is 4.57. The topological polar surface area (TPSA) is 102 Å². The van der Waals surface area contributed by atoms with Gasteiger partial charge in [-0.3, -0.25) is 14.9 Å². The van der Waals surface area contributed by atoms with Crippen molar-refractivity contribution in [1.29, 1.82) is 0 Å². The van der Waals surface area contributed by atoms with Crippen LogP contribution < -0.4 is 5.32 Å². The lowest BCUT2D eigenvalue weighted by Gasteiger charge is -2.39. The van der Waals surface area contributed by atoms with Gasteiger partial charge in [0.05, 0.1) is 4.92 Å². The smallest absolute Gasteiger partial charge is 0.410 e. The Morgan fingerprint density at radius 2 is 2.07 bits per heavy atom. The van der Waals surface area contributed by atoms with Crippen molar-refractivity contribution in [2.75, 3.05) is 18.4 Å². The zero-order chi connectivity index (χ0) is 20.9. The number of carbonyl (C=O) groups excluding carboxylic acids is 2. The largest absolute Gasteiger partial charge is 0.444 e. The summed E-state index contributed by atoms with van der Waals surface area (Å²) in [4.78, 5) is 35.7. The molecule has 8 heteroatoms. The van der Waals surface area contributed by atoms with Crippen LogP contribution >= 0.6 is 0 Å². The van der Waals surface area contributed by atoms with Crippen LogP contribution in [0.15, 0.2) is 18.2 Å². The molecule has 1 amide bonds. The number of rotatable bonds is 8. The normalized spacial score (nSPS) is 18.7. The quantitative estimate of drug-likeness (QED) is 0.404. The first kappa shape index (κ1) is 21.7. The van der Waals surface area contributed by atoms with Crippen molar-refractivity contribution in [3.63, 3.8) is 0 Å². The van der Waals surface area contributed by atoms with Gasteiger partial charge in [-0.25, -0.2) is 4.79 Å². The van der Waals surface area contributed by atoms with Crippen LogP contribution in [0.2, 0.25) is 0 Å². The van der Waals surface area contributed by atoms with Crippen LogP contribution in [0.3, 0.4) is 0 Å². The van der Waals surface area contributed by atoms with E-state index in [1.807, 2.05) is 27.7 Å². The van der Waals surface area contributed by atoms with Gasteiger partial charge in [0, 0.05) is 30.8 Å². The fraction of sp³-hybridized carbons (Fsp3) is 0.600. The van der Waals surface area contributed by atoms with E-state index in [2.05, 4.69) is 5.32 Å². The van der Waals surface area contributed by atoms with Gasteiger partial charge in [-0.15, -0.1) is 0 Å². The molecule has 0 heterocycles. The highest BCUT2D eigenvalue weighted by Gasteiger charge is 2.33. The minimum atomic E-state index is -0.528. The Labute approximate surface area is 165 Å². The standard InChI is InChI=1S/C20H29N3O5/c1-5-8-22(19(25)28-20(2,3)4)12-15-9-16(10-15)21-17-7-6-14(13-24)11-18(17)23(26)27/h6-7,11,13,15-16,21H,5,8-10,12H2,1-4H3. The first-order valence-electron chi connectivity index (χ1n) is 9.61. The van der Waals surface area contributed by atoms with Crippen LogP contribution in [0.25, 0.3) is 0 Å². The van der Waals surface area contributed by atoms with Gasteiger partial charge in [-0.2, -0.15) is 0 Å². The van der Waals surface area contributed by atoms with Gasteiger partial charge in [0.1, 0.15) is 17.6 Å². The summed E-state index contributed by atoms with van der Waals surface area (Å²) in [5, 5.41) is 14.4. The van der Waals surface area contributed by atoms with Gasteiger partial charge in [0.2, 0.25) is 0 Å². The summed E-state index contributed by atoms with van der Waals surface area (Å²) in [6, 6.07) is 4.51. The second-order valence-corrected chi connectivity index (χ2v) is 8.26. The fourth-order valence-corrected chi connectivity index (χ4v) is 3.28. The van der Waals surface area contributed by atoms with Crippen molar-refractivity contribution in [2.24, 2.45) is 5.92 Å². The first-order chi connectivity index (χ1) is 13.1. The average molecular weight is 391 g/mol. The van der Waals surface area contributed by atoms with Crippen LogP contribution in [0, 0.1) is 16.0 Å². The van der Waals surface area contributed by atoms with Crippen LogP contribution in [0.5, 0.6) is 0 Å². The van der Waals surface area contributed by atoms with Crippen molar-refractivity contribution in [2.45, 2.75) is 58.6 Å². The molecule has 0 aromatic heterocycles. The Bertz CT molecular complexity index is 723. The minimum absolute atomic E-state index is 0.102. The molecule has 0 bridgehead atoms. The molecule has 2 rings (SSSR count). The van der Waals surface area contributed by atoms with E-state index in [1.165, 1.54) is 6.07 Å². The number of hydrogen-bond donors (Lipinski definition) is 1. The van der Waals surface area contributed by atoms with Crippen molar-refractivity contribution >= 4 is 23.8 Å². The molecule has 0 spiro atoms. The van der Waals surface area contributed by atoms with E-state index in [4.69, 9.17) is 4.74 Å². The lowest BCUT2D eigenvalue weighted by Crippen LogP contribution is -2.45. The molecule has 1 aliphatic rings. The molecule has 1 aromatic carbocycles. The van der Waals surface area contributed by atoms with E-state index in [-0.39, 0.29) is 23.4 Å². The van der Waals surface area contributed by atoms with Crippen molar-refractivity contribution < 1.29 is 19.2 Å². The van der Waals surface area contributed by atoms with E-state index in [1.54, 1.807) is 17.0 Å². The molecular weight excluding hydrogens is 362 g/mol. The van der Waals surface area contributed by atoms with Crippen molar-refractivity contribution in [3.8, 4) is 0 Å². The SMILES string of the molecule is CCCN(CC1CC(Nc2ccc(C=O)cc2[N+](=O)[O-])C1)C(=O)OC(C)(C)C. The van der Waals surface area contributed by atoms with E-state index in [9.17, 15) is 19.7 Å². The summed E-state index contributed by atoms with van der Waals surface area (Å²) in [7, 11) is 0. The first-order valence-corrected chi connectivity index (χ1v) is 9.61. The number of anilines is 1. The van der Waals surface area contributed by atoms with E-state index in [0.717, 1.165) is 19.3 Å². The van der Waals surface area contributed by atoms with Crippen LogP contribution in [0.1, 0.15) is 57.3 Å². The Hall–Kier alpha value is -2.64. The van der Waals surface area contributed by atoms with Gasteiger partial charge in [-0.05, 0) is 58.1 Å².